The summed E-state index contributed by atoms with van der Waals surface area (Å²) in [5, 5.41) is 9.72. The number of phenolic OH excluding ortho intramolecular Hbond substituents is 1. The van der Waals surface area contributed by atoms with Gasteiger partial charge in [-0.3, -0.25) is 4.79 Å². The molecule has 2 rings (SSSR count). The lowest BCUT2D eigenvalue weighted by Gasteiger charge is -2.10. The van der Waals surface area contributed by atoms with Crippen LogP contribution in [0.25, 0.3) is 0 Å². The van der Waals surface area contributed by atoms with Crippen molar-refractivity contribution in [1.82, 2.24) is 0 Å². The number of hydrogen-bond acceptors (Lipinski definition) is 5. The number of fused-ring (bicyclic) bond motifs is 1. The van der Waals surface area contributed by atoms with Crippen LogP contribution < -0.4 is 9.47 Å². The van der Waals surface area contributed by atoms with Crippen LogP contribution in [0.15, 0.2) is 6.07 Å². The van der Waals surface area contributed by atoms with Gasteiger partial charge in [0.1, 0.15) is 22.8 Å². The monoisotopic (exact) mass is 224 g/mol. The van der Waals surface area contributed by atoms with Crippen LogP contribution in [0.4, 0.5) is 0 Å². The first-order valence-electron chi connectivity index (χ1n) is 4.74. The van der Waals surface area contributed by atoms with Crippen molar-refractivity contribution in [1.29, 1.82) is 0 Å². The van der Waals surface area contributed by atoms with Gasteiger partial charge in [-0.15, -0.1) is 0 Å². The number of aromatic hydroxyl groups is 1. The van der Waals surface area contributed by atoms with E-state index in [-0.39, 0.29) is 17.1 Å². The number of carbonyl (C=O) groups is 1. The summed E-state index contributed by atoms with van der Waals surface area (Å²) in [6, 6.07) is 1.40. The Balaban J connectivity index is 2.61. The number of carbonyl (C=O) groups excluding carboxylic acids is 1. The first kappa shape index (κ1) is 10.8. The average molecular weight is 224 g/mol. The lowest BCUT2D eigenvalue weighted by molar-refractivity contribution is -0.0218. The number of benzene rings is 1. The molecule has 0 saturated heterocycles. The lowest BCUT2D eigenvalue weighted by Crippen LogP contribution is -2.22. The summed E-state index contributed by atoms with van der Waals surface area (Å²) >= 11 is 0. The second-order valence-corrected chi connectivity index (χ2v) is 3.48. The second-order valence-electron chi connectivity index (χ2n) is 3.48. The quantitative estimate of drug-likeness (QED) is 0.819. The topological polar surface area (TPSA) is 65.0 Å². The number of hydrogen-bond donors (Lipinski definition) is 1. The fourth-order valence-electron chi connectivity index (χ4n) is 1.75. The highest BCUT2D eigenvalue weighted by Gasteiger charge is 2.37. The van der Waals surface area contributed by atoms with Crippen molar-refractivity contribution in [2.24, 2.45) is 0 Å². The Hall–Kier alpha value is -1.75. The van der Waals surface area contributed by atoms with Gasteiger partial charge in [-0.05, 0) is 6.92 Å². The van der Waals surface area contributed by atoms with Gasteiger partial charge in [0.2, 0.25) is 5.78 Å². The van der Waals surface area contributed by atoms with E-state index in [1.807, 2.05) is 0 Å². The van der Waals surface area contributed by atoms with Crippen LogP contribution >= 0.6 is 0 Å². The minimum absolute atomic E-state index is 0.151. The van der Waals surface area contributed by atoms with Crippen LogP contribution in [0.2, 0.25) is 0 Å². The molecule has 0 radical (unpaired) electrons. The Morgan fingerprint density at radius 3 is 2.69 bits per heavy atom. The molecule has 0 amide bonds. The number of ketones is 1. The molecule has 5 heteroatoms. The summed E-state index contributed by atoms with van der Waals surface area (Å²) in [6.07, 6.45) is -0.980. The predicted molar refractivity (Wildman–Crippen MR) is 55.2 cm³/mol. The minimum atomic E-state index is -0.980. The third kappa shape index (κ3) is 1.32. The average Bonchev–Trinajstić information content (AvgIpc) is 2.61. The Labute approximate surface area is 92.5 Å². The van der Waals surface area contributed by atoms with E-state index in [1.165, 1.54) is 20.3 Å². The number of methoxy groups -OCH3 is 2. The summed E-state index contributed by atoms with van der Waals surface area (Å²) in [4.78, 5) is 11.7. The summed E-state index contributed by atoms with van der Waals surface area (Å²) in [7, 11) is 2.86. The van der Waals surface area contributed by atoms with Gasteiger partial charge in [-0.25, -0.2) is 0 Å². The molecule has 0 aliphatic carbocycles. The fraction of sp³-hybridized carbons (Fsp3) is 0.364. The van der Waals surface area contributed by atoms with Crippen LogP contribution in [0.1, 0.15) is 15.9 Å². The zero-order valence-corrected chi connectivity index (χ0v) is 9.23. The zero-order valence-electron chi connectivity index (χ0n) is 9.23. The van der Waals surface area contributed by atoms with Crippen molar-refractivity contribution in [3.63, 3.8) is 0 Å². The maximum Gasteiger partial charge on any atom is 0.264 e. The Morgan fingerprint density at radius 1 is 1.44 bits per heavy atom. The number of ether oxygens (including phenoxy) is 3. The third-order valence-corrected chi connectivity index (χ3v) is 2.58. The molecular formula is C11H12O5. The van der Waals surface area contributed by atoms with E-state index in [2.05, 4.69) is 0 Å². The van der Waals surface area contributed by atoms with Crippen LogP contribution in [0.5, 0.6) is 17.2 Å². The van der Waals surface area contributed by atoms with Crippen molar-refractivity contribution in [2.45, 2.75) is 13.2 Å². The van der Waals surface area contributed by atoms with Crippen LogP contribution in [0, 0.1) is 6.92 Å². The van der Waals surface area contributed by atoms with Gasteiger partial charge < -0.3 is 19.3 Å². The molecule has 1 N–H and O–H groups in total. The van der Waals surface area contributed by atoms with Crippen molar-refractivity contribution in [2.75, 3.05) is 14.2 Å². The molecule has 86 valence electrons. The lowest BCUT2D eigenvalue weighted by atomic mass is 10.1. The molecule has 16 heavy (non-hydrogen) atoms. The molecule has 0 unspecified atom stereocenters. The molecule has 0 saturated carbocycles. The molecule has 1 aliphatic rings. The maximum atomic E-state index is 11.7. The molecule has 0 aromatic heterocycles. The highest BCUT2D eigenvalue weighted by Crippen LogP contribution is 2.43. The zero-order chi connectivity index (χ0) is 11.9. The van der Waals surface area contributed by atoms with Gasteiger partial charge in [0.05, 0.1) is 7.11 Å². The predicted octanol–water partition coefficient (Wildman–Crippen LogP) is 1.26. The van der Waals surface area contributed by atoms with Gasteiger partial charge in [0.25, 0.3) is 6.29 Å². The molecule has 1 aliphatic heterocycles. The first-order valence-corrected chi connectivity index (χ1v) is 4.74. The molecule has 1 atom stereocenters. The van der Waals surface area contributed by atoms with Crippen molar-refractivity contribution in [3.05, 3.63) is 17.2 Å². The normalized spacial score (nSPS) is 18.2. The smallest absolute Gasteiger partial charge is 0.264 e. The highest BCUT2D eigenvalue weighted by molar-refractivity contribution is 6.06. The third-order valence-electron chi connectivity index (χ3n) is 2.58. The summed E-state index contributed by atoms with van der Waals surface area (Å²) in [5.74, 6) is 0.275. The van der Waals surface area contributed by atoms with Gasteiger partial charge in [0, 0.05) is 18.7 Å². The van der Waals surface area contributed by atoms with Crippen molar-refractivity contribution < 1.29 is 24.1 Å². The minimum Gasteiger partial charge on any atom is -0.507 e. The van der Waals surface area contributed by atoms with E-state index in [1.54, 1.807) is 6.92 Å². The highest BCUT2D eigenvalue weighted by atomic mass is 16.7. The van der Waals surface area contributed by atoms with Crippen molar-refractivity contribution in [3.8, 4) is 17.2 Å². The molecule has 1 aromatic rings. The molecule has 0 bridgehead atoms. The van der Waals surface area contributed by atoms with E-state index in [0.29, 0.717) is 17.1 Å². The summed E-state index contributed by atoms with van der Waals surface area (Å²) in [5.41, 5.74) is 0.827. The Morgan fingerprint density at radius 2 is 2.12 bits per heavy atom. The van der Waals surface area contributed by atoms with E-state index in [9.17, 15) is 9.90 Å². The maximum absolute atomic E-state index is 11.7. The fourth-order valence-corrected chi connectivity index (χ4v) is 1.75. The molecule has 0 fully saturated rings. The molecule has 0 spiro atoms. The molecule has 1 aromatic carbocycles. The molecule has 1 heterocycles. The number of phenols is 1. The number of Topliss-reactive ketones (excluding diaryl/α,β-unsaturated/α-hetero) is 1. The molecular weight excluding hydrogens is 212 g/mol. The van der Waals surface area contributed by atoms with Crippen molar-refractivity contribution >= 4 is 5.78 Å². The van der Waals surface area contributed by atoms with E-state index < -0.39 is 6.29 Å². The van der Waals surface area contributed by atoms with Gasteiger partial charge in [-0.1, -0.05) is 0 Å². The van der Waals surface area contributed by atoms with Gasteiger partial charge in [-0.2, -0.15) is 0 Å². The Kier molecular flexibility index (Phi) is 2.47. The van der Waals surface area contributed by atoms with Gasteiger partial charge in [0.15, 0.2) is 0 Å². The number of rotatable bonds is 2. The second kappa shape index (κ2) is 3.68. The van der Waals surface area contributed by atoms with Gasteiger partial charge >= 0.3 is 0 Å². The van der Waals surface area contributed by atoms with Crippen LogP contribution in [0.3, 0.4) is 0 Å². The molecule has 5 nitrogen and oxygen atoms in total. The van der Waals surface area contributed by atoms with E-state index in [4.69, 9.17) is 14.2 Å². The largest absolute Gasteiger partial charge is 0.507 e. The summed E-state index contributed by atoms with van der Waals surface area (Å²) in [6.45, 7) is 1.75. The SMILES string of the molecule is COc1cc(O)c2c(c1C)O[C@H](OC)C2=O. The first-order chi connectivity index (χ1) is 7.60. The van der Waals surface area contributed by atoms with Crippen LogP contribution in [-0.4, -0.2) is 31.4 Å². The van der Waals surface area contributed by atoms with Crippen LogP contribution in [-0.2, 0) is 4.74 Å². The van der Waals surface area contributed by atoms with E-state index >= 15 is 0 Å². The van der Waals surface area contributed by atoms with E-state index in [0.717, 1.165) is 0 Å². The summed E-state index contributed by atoms with van der Waals surface area (Å²) < 4.78 is 15.2. The standard InChI is InChI=1S/C11H12O5/c1-5-7(14-2)4-6(12)8-9(13)11(15-3)16-10(5)8/h4,11-12H,1-3H3/t11-/m0/s1. The Bertz CT molecular complexity index is 452.